The van der Waals surface area contributed by atoms with Crippen molar-refractivity contribution in [1.29, 1.82) is 0 Å². The lowest BCUT2D eigenvalue weighted by atomic mass is 9.89. The number of thiophene rings is 1. The molecule has 0 unspecified atom stereocenters. The Labute approximate surface area is 111 Å². The summed E-state index contributed by atoms with van der Waals surface area (Å²) in [6.07, 6.45) is 2.68. The molecule has 1 N–H and O–H groups in total. The Balaban J connectivity index is 1.86. The molecular formula is C15H15NOS. The zero-order valence-corrected chi connectivity index (χ0v) is 10.9. The number of carbonyl (C=O) groups excluding carboxylic acids is 1. The van der Waals surface area contributed by atoms with Crippen LogP contribution in [0.1, 0.15) is 29.2 Å². The maximum absolute atomic E-state index is 12.0. The smallest absolute Gasteiger partial charge is 0.225 e. The van der Waals surface area contributed by atoms with E-state index in [0.717, 1.165) is 18.5 Å². The van der Waals surface area contributed by atoms with E-state index in [1.165, 1.54) is 10.4 Å². The number of fused-ring (bicyclic) bond motifs is 1. The molecule has 18 heavy (non-hydrogen) atoms. The first-order valence-corrected chi connectivity index (χ1v) is 7.12. The predicted octanol–water partition coefficient (Wildman–Crippen LogP) is 3.81. The number of rotatable bonds is 1. The molecular weight excluding hydrogens is 242 g/mol. The Morgan fingerprint density at radius 1 is 1.17 bits per heavy atom. The molecule has 0 radical (unpaired) electrons. The third-order valence-corrected chi connectivity index (χ3v) is 4.42. The summed E-state index contributed by atoms with van der Waals surface area (Å²) in [5.74, 6) is 0.463. The molecule has 2 aromatic rings. The number of benzene rings is 1. The van der Waals surface area contributed by atoms with Crippen molar-refractivity contribution in [2.24, 2.45) is 0 Å². The molecule has 1 aromatic carbocycles. The normalized spacial score (nSPS) is 19.6. The van der Waals surface area contributed by atoms with E-state index >= 15 is 0 Å². The monoisotopic (exact) mass is 257 g/mol. The van der Waals surface area contributed by atoms with E-state index in [0.29, 0.717) is 12.3 Å². The number of amides is 1. The summed E-state index contributed by atoms with van der Waals surface area (Å²) in [7, 11) is 0. The summed E-state index contributed by atoms with van der Waals surface area (Å²) < 4.78 is 0. The average Bonchev–Trinajstić information content (AvgIpc) is 2.80. The van der Waals surface area contributed by atoms with Crippen molar-refractivity contribution in [3.8, 4) is 0 Å². The fourth-order valence-corrected chi connectivity index (χ4v) is 3.34. The highest BCUT2D eigenvalue weighted by molar-refractivity contribution is 7.10. The maximum Gasteiger partial charge on any atom is 0.225 e. The van der Waals surface area contributed by atoms with E-state index in [1.807, 2.05) is 29.6 Å². The minimum absolute atomic E-state index is 0.128. The number of hydrogen-bond donors (Lipinski definition) is 1. The van der Waals surface area contributed by atoms with Crippen molar-refractivity contribution in [2.75, 3.05) is 5.32 Å². The van der Waals surface area contributed by atoms with Gasteiger partial charge < -0.3 is 5.32 Å². The third-order valence-electron chi connectivity index (χ3n) is 3.44. The summed E-state index contributed by atoms with van der Waals surface area (Å²) in [6, 6.07) is 12.3. The molecule has 1 aliphatic rings. The van der Waals surface area contributed by atoms with Gasteiger partial charge in [-0.05, 0) is 35.8 Å². The lowest BCUT2D eigenvalue weighted by molar-refractivity contribution is -0.116. The molecule has 0 aliphatic carbocycles. The summed E-state index contributed by atoms with van der Waals surface area (Å²) in [6.45, 7) is 0. The molecule has 0 bridgehead atoms. The van der Waals surface area contributed by atoms with Crippen LogP contribution in [0.3, 0.4) is 0 Å². The highest BCUT2D eigenvalue weighted by Crippen LogP contribution is 2.32. The molecule has 1 aliphatic heterocycles. The van der Waals surface area contributed by atoms with Crippen LogP contribution < -0.4 is 5.32 Å². The van der Waals surface area contributed by atoms with Gasteiger partial charge in [0.15, 0.2) is 0 Å². The van der Waals surface area contributed by atoms with Crippen LogP contribution in [0.2, 0.25) is 0 Å². The predicted molar refractivity (Wildman–Crippen MR) is 75.1 cm³/mol. The minimum atomic E-state index is 0.128. The van der Waals surface area contributed by atoms with E-state index in [1.54, 1.807) is 11.3 Å². The van der Waals surface area contributed by atoms with Crippen molar-refractivity contribution in [3.05, 3.63) is 52.2 Å². The fourth-order valence-electron chi connectivity index (χ4n) is 2.49. The molecule has 3 rings (SSSR count). The third kappa shape index (κ3) is 2.31. The second-order valence-electron chi connectivity index (χ2n) is 4.66. The van der Waals surface area contributed by atoms with Crippen LogP contribution in [-0.4, -0.2) is 5.91 Å². The van der Waals surface area contributed by atoms with Gasteiger partial charge in [-0.2, -0.15) is 0 Å². The zero-order valence-electron chi connectivity index (χ0n) is 10.1. The summed E-state index contributed by atoms with van der Waals surface area (Å²) in [4.78, 5) is 13.3. The molecule has 0 fully saturated rings. The molecule has 92 valence electrons. The Bertz CT molecular complexity index is 547. The minimum Gasteiger partial charge on any atom is -0.325 e. The van der Waals surface area contributed by atoms with Crippen LogP contribution in [0, 0.1) is 0 Å². The number of nitrogens with one attached hydrogen (secondary N) is 1. The van der Waals surface area contributed by atoms with E-state index in [9.17, 15) is 4.79 Å². The summed E-state index contributed by atoms with van der Waals surface area (Å²) in [5.41, 5.74) is 2.28. The van der Waals surface area contributed by atoms with Crippen LogP contribution in [0.15, 0.2) is 41.8 Å². The fraction of sp³-hybridized carbons (Fsp3) is 0.267. The van der Waals surface area contributed by atoms with Crippen LogP contribution in [0.4, 0.5) is 5.69 Å². The topological polar surface area (TPSA) is 29.1 Å². The van der Waals surface area contributed by atoms with Gasteiger partial charge in [-0.3, -0.25) is 4.79 Å². The van der Waals surface area contributed by atoms with Crippen molar-refractivity contribution in [2.45, 2.75) is 25.2 Å². The molecule has 2 nitrogen and oxygen atoms in total. The number of anilines is 1. The van der Waals surface area contributed by atoms with Gasteiger partial charge in [0.05, 0.1) is 5.69 Å². The SMILES string of the molecule is O=C1C[C@H](c2ccccc2)CCc2sccc2N1. The van der Waals surface area contributed by atoms with Gasteiger partial charge >= 0.3 is 0 Å². The molecule has 2 heterocycles. The van der Waals surface area contributed by atoms with Crippen LogP contribution in [-0.2, 0) is 11.2 Å². The van der Waals surface area contributed by atoms with Gasteiger partial charge in [0.25, 0.3) is 0 Å². The first-order valence-electron chi connectivity index (χ1n) is 6.24. The van der Waals surface area contributed by atoms with Gasteiger partial charge in [0.2, 0.25) is 5.91 Å². The first kappa shape index (κ1) is 11.5. The van der Waals surface area contributed by atoms with E-state index in [-0.39, 0.29) is 5.91 Å². The van der Waals surface area contributed by atoms with Crippen molar-refractivity contribution in [1.82, 2.24) is 0 Å². The standard InChI is InChI=1S/C15H15NOS/c17-15-10-12(11-4-2-1-3-5-11)6-7-14-13(16-15)8-9-18-14/h1-5,8-9,12H,6-7,10H2,(H,16,17)/t12-/m1/s1. The van der Waals surface area contributed by atoms with Gasteiger partial charge in [0, 0.05) is 11.3 Å². The summed E-state index contributed by atoms with van der Waals surface area (Å²) >= 11 is 1.73. The number of aryl methyl sites for hydroxylation is 1. The summed E-state index contributed by atoms with van der Waals surface area (Å²) in [5, 5.41) is 5.06. The van der Waals surface area contributed by atoms with Gasteiger partial charge in [-0.15, -0.1) is 11.3 Å². The Morgan fingerprint density at radius 3 is 2.83 bits per heavy atom. The van der Waals surface area contributed by atoms with Crippen molar-refractivity contribution >= 4 is 22.9 Å². The van der Waals surface area contributed by atoms with Crippen LogP contribution >= 0.6 is 11.3 Å². The molecule has 3 heteroatoms. The Hall–Kier alpha value is -1.61. The largest absolute Gasteiger partial charge is 0.325 e. The quantitative estimate of drug-likeness (QED) is 0.827. The van der Waals surface area contributed by atoms with Gasteiger partial charge in [-0.1, -0.05) is 30.3 Å². The molecule has 0 saturated carbocycles. The number of hydrogen-bond acceptors (Lipinski definition) is 2. The zero-order chi connectivity index (χ0) is 12.4. The van der Waals surface area contributed by atoms with Crippen molar-refractivity contribution < 1.29 is 4.79 Å². The molecule has 1 atom stereocenters. The highest BCUT2D eigenvalue weighted by atomic mass is 32.1. The Morgan fingerprint density at radius 2 is 2.00 bits per heavy atom. The highest BCUT2D eigenvalue weighted by Gasteiger charge is 2.20. The number of carbonyl (C=O) groups is 1. The Kier molecular flexibility index (Phi) is 3.15. The second-order valence-corrected chi connectivity index (χ2v) is 5.66. The maximum atomic E-state index is 12.0. The average molecular weight is 257 g/mol. The van der Waals surface area contributed by atoms with Gasteiger partial charge in [-0.25, -0.2) is 0 Å². The first-order chi connectivity index (χ1) is 8.83. The van der Waals surface area contributed by atoms with Crippen LogP contribution in [0.25, 0.3) is 0 Å². The van der Waals surface area contributed by atoms with E-state index < -0.39 is 0 Å². The molecule has 0 spiro atoms. The second kappa shape index (κ2) is 4.94. The van der Waals surface area contributed by atoms with Crippen molar-refractivity contribution in [3.63, 3.8) is 0 Å². The molecule has 1 aromatic heterocycles. The molecule has 1 amide bonds. The molecule has 0 saturated heterocycles. The van der Waals surface area contributed by atoms with E-state index in [2.05, 4.69) is 17.4 Å². The lowest BCUT2D eigenvalue weighted by Gasteiger charge is -2.20. The lowest BCUT2D eigenvalue weighted by Crippen LogP contribution is -2.18. The van der Waals surface area contributed by atoms with Gasteiger partial charge in [0.1, 0.15) is 0 Å². The van der Waals surface area contributed by atoms with Crippen LogP contribution in [0.5, 0.6) is 0 Å². The van der Waals surface area contributed by atoms with E-state index in [4.69, 9.17) is 0 Å².